The van der Waals surface area contributed by atoms with Gasteiger partial charge < -0.3 is 24.6 Å². The number of aromatic hydroxyl groups is 1. The van der Waals surface area contributed by atoms with Crippen molar-refractivity contribution in [2.75, 3.05) is 21.3 Å². The number of rotatable bonds is 10. The van der Waals surface area contributed by atoms with Crippen molar-refractivity contribution in [3.8, 4) is 34.3 Å². The van der Waals surface area contributed by atoms with E-state index in [9.17, 15) is 5.11 Å². The van der Waals surface area contributed by atoms with Gasteiger partial charge in [0.05, 0.1) is 33.6 Å². The van der Waals surface area contributed by atoms with Gasteiger partial charge in [-0.05, 0) is 41.5 Å². The largest absolute Gasteiger partial charge is 0.504 e. The lowest BCUT2D eigenvalue weighted by Crippen LogP contribution is -2.13. The Hall–Kier alpha value is -3.97. The van der Waals surface area contributed by atoms with Crippen molar-refractivity contribution in [3.63, 3.8) is 0 Å². The average molecular weight is 460 g/mol. The maximum atomic E-state index is 10.0. The zero-order valence-corrected chi connectivity index (χ0v) is 19.6. The number of phenolic OH excluding ortho intramolecular Hbond substituents is 1. The zero-order valence-electron chi connectivity index (χ0n) is 19.6. The minimum atomic E-state index is 0.128. The molecule has 0 saturated carbocycles. The molecule has 0 fully saturated rings. The van der Waals surface area contributed by atoms with Gasteiger partial charge in [0, 0.05) is 30.4 Å². The number of hydrogen-bond acceptors (Lipinski definition) is 6. The van der Waals surface area contributed by atoms with Crippen LogP contribution >= 0.6 is 0 Å². The number of hydrogen-bond donors (Lipinski definition) is 2. The van der Waals surface area contributed by atoms with Crippen molar-refractivity contribution < 1.29 is 19.3 Å². The standard InChI is InChI=1S/C27H29N3O4/c1-32-24-11-9-20(13-23(24)31)15-28-16-22-18-30(17-19-7-5-4-6-8-19)29-27(22)21-10-12-25(33-2)26(14-21)34-3/h4-14,18,28,31H,15-17H2,1-3H3. The minimum Gasteiger partial charge on any atom is -0.504 e. The highest BCUT2D eigenvalue weighted by molar-refractivity contribution is 5.66. The number of nitrogens with zero attached hydrogens (tertiary/aromatic N) is 2. The fourth-order valence-electron chi connectivity index (χ4n) is 3.86. The summed E-state index contributed by atoms with van der Waals surface area (Å²) < 4.78 is 18.0. The Labute approximate surface area is 199 Å². The maximum absolute atomic E-state index is 10.0. The summed E-state index contributed by atoms with van der Waals surface area (Å²) in [6.45, 7) is 1.87. The minimum absolute atomic E-state index is 0.128. The molecule has 3 aromatic carbocycles. The fourth-order valence-corrected chi connectivity index (χ4v) is 3.86. The predicted molar refractivity (Wildman–Crippen MR) is 132 cm³/mol. The molecule has 0 amide bonds. The second-order valence-electron chi connectivity index (χ2n) is 7.87. The molecule has 2 N–H and O–H groups in total. The van der Waals surface area contributed by atoms with E-state index in [0.717, 1.165) is 22.4 Å². The van der Waals surface area contributed by atoms with Crippen LogP contribution in [0.5, 0.6) is 23.0 Å². The third kappa shape index (κ3) is 5.32. The second-order valence-corrected chi connectivity index (χ2v) is 7.87. The number of benzene rings is 3. The lowest BCUT2D eigenvalue weighted by Gasteiger charge is -2.10. The molecule has 0 saturated heterocycles. The molecular weight excluding hydrogens is 430 g/mol. The quantitative estimate of drug-likeness (QED) is 0.360. The van der Waals surface area contributed by atoms with Crippen LogP contribution in [-0.2, 0) is 19.6 Å². The van der Waals surface area contributed by atoms with Gasteiger partial charge in [0.2, 0.25) is 0 Å². The molecule has 176 valence electrons. The van der Waals surface area contributed by atoms with Crippen LogP contribution in [0, 0.1) is 0 Å². The topological polar surface area (TPSA) is 77.8 Å². The van der Waals surface area contributed by atoms with Gasteiger partial charge in [0.25, 0.3) is 0 Å². The van der Waals surface area contributed by atoms with Crippen molar-refractivity contribution in [1.82, 2.24) is 15.1 Å². The first-order valence-corrected chi connectivity index (χ1v) is 11.0. The summed E-state index contributed by atoms with van der Waals surface area (Å²) in [7, 11) is 4.79. The van der Waals surface area contributed by atoms with Crippen LogP contribution in [0.1, 0.15) is 16.7 Å². The number of methoxy groups -OCH3 is 3. The van der Waals surface area contributed by atoms with E-state index in [2.05, 4.69) is 23.6 Å². The molecule has 0 aliphatic carbocycles. The third-order valence-electron chi connectivity index (χ3n) is 5.57. The number of phenols is 1. The van der Waals surface area contributed by atoms with E-state index in [1.165, 1.54) is 12.7 Å². The van der Waals surface area contributed by atoms with Crippen LogP contribution < -0.4 is 19.5 Å². The SMILES string of the molecule is COc1ccc(CNCc2cn(Cc3ccccc3)nc2-c2ccc(OC)c(OC)c2)cc1O. The van der Waals surface area contributed by atoms with Crippen LogP contribution in [0.4, 0.5) is 0 Å². The molecule has 7 heteroatoms. The Kier molecular flexibility index (Phi) is 7.34. The number of aromatic nitrogens is 2. The molecule has 0 unspecified atom stereocenters. The van der Waals surface area contributed by atoms with Gasteiger partial charge in [-0.3, -0.25) is 4.68 Å². The Morgan fingerprint density at radius 2 is 1.53 bits per heavy atom. The molecule has 0 aliphatic heterocycles. The van der Waals surface area contributed by atoms with Gasteiger partial charge >= 0.3 is 0 Å². The van der Waals surface area contributed by atoms with Crippen molar-refractivity contribution in [2.24, 2.45) is 0 Å². The average Bonchev–Trinajstić information content (AvgIpc) is 3.26. The molecule has 4 rings (SSSR count). The highest BCUT2D eigenvalue weighted by Crippen LogP contribution is 2.33. The number of nitrogens with one attached hydrogen (secondary N) is 1. The first-order chi connectivity index (χ1) is 16.6. The van der Waals surface area contributed by atoms with E-state index in [1.54, 1.807) is 26.4 Å². The number of ether oxygens (including phenoxy) is 3. The third-order valence-corrected chi connectivity index (χ3v) is 5.57. The zero-order chi connectivity index (χ0) is 23.9. The van der Waals surface area contributed by atoms with E-state index in [1.807, 2.05) is 47.1 Å². The van der Waals surface area contributed by atoms with Gasteiger partial charge in [-0.25, -0.2) is 0 Å². The van der Waals surface area contributed by atoms with E-state index in [4.69, 9.17) is 19.3 Å². The first kappa shape index (κ1) is 23.2. The Balaban J connectivity index is 1.58. The molecule has 0 aliphatic rings. The van der Waals surface area contributed by atoms with Gasteiger partial charge in [-0.15, -0.1) is 0 Å². The summed E-state index contributed by atoms with van der Waals surface area (Å²) in [6, 6.07) is 21.5. The molecule has 7 nitrogen and oxygen atoms in total. The molecule has 1 aromatic heterocycles. The Morgan fingerprint density at radius 1 is 0.794 bits per heavy atom. The summed E-state index contributed by atoms with van der Waals surface area (Å²) in [6.07, 6.45) is 2.07. The summed E-state index contributed by atoms with van der Waals surface area (Å²) in [5.41, 5.74) is 5.02. The van der Waals surface area contributed by atoms with Crippen molar-refractivity contribution >= 4 is 0 Å². The summed E-state index contributed by atoms with van der Waals surface area (Å²) in [5, 5.41) is 18.4. The normalized spacial score (nSPS) is 10.8. The van der Waals surface area contributed by atoms with Crippen LogP contribution in [0.25, 0.3) is 11.3 Å². The van der Waals surface area contributed by atoms with E-state index >= 15 is 0 Å². The van der Waals surface area contributed by atoms with Crippen LogP contribution in [-0.4, -0.2) is 36.2 Å². The van der Waals surface area contributed by atoms with Crippen molar-refractivity contribution in [2.45, 2.75) is 19.6 Å². The van der Waals surface area contributed by atoms with E-state index in [-0.39, 0.29) is 5.75 Å². The van der Waals surface area contributed by atoms with Gasteiger partial charge in [0.1, 0.15) is 0 Å². The monoisotopic (exact) mass is 459 g/mol. The molecule has 34 heavy (non-hydrogen) atoms. The van der Waals surface area contributed by atoms with E-state index < -0.39 is 0 Å². The lowest BCUT2D eigenvalue weighted by atomic mass is 10.1. The highest BCUT2D eigenvalue weighted by Gasteiger charge is 2.15. The molecule has 0 atom stereocenters. The molecule has 4 aromatic rings. The highest BCUT2D eigenvalue weighted by atomic mass is 16.5. The molecule has 0 radical (unpaired) electrons. The van der Waals surface area contributed by atoms with E-state index in [0.29, 0.717) is 36.9 Å². The van der Waals surface area contributed by atoms with Gasteiger partial charge in [0.15, 0.2) is 23.0 Å². The lowest BCUT2D eigenvalue weighted by molar-refractivity contribution is 0.355. The van der Waals surface area contributed by atoms with Gasteiger partial charge in [-0.1, -0.05) is 36.4 Å². The van der Waals surface area contributed by atoms with Crippen molar-refractivity contribution in [3.05, 3.63) is 89.6 Å². The summed E-state index contributed by atoms with van der Waals surface area (Å²) in [5.74, 6) is 1.92. The summed E-state index contributed by atoms with van der Waals surface area (Å²) >= 11 is 0. The smallest absolute Gasteiger partial charge is 0.161 e. The van der Waals surface area contributed by atoms with Crippen LogP contribution in [0.2, 0.25) is 0 Å². The first-order valence-electron chi connectivity index (χ1n) is 11.0. The molecule has 1 heterocycles. The Morgan fingerprint density at radius 3 is 2.24 bits per heavy atom. The van der Waals surface area contributed by atoms with Crippen LogP contribution in [0.15, 0.2) is 72.9 Å². The van der Waals surface area contributed by atoms with Crippen LogP contribution in [0.3, 0.4) is 0 Å². The van der Waals surface area contributed by atoms with Crippen molar-refractivity contribution in [1.29, 1.82) is 0 Å². The fraction of sp³-hybridized carbons (Fsp3) is 0.222. The maximum Gasteiger partial charge on any atom is 0.161 e. The molecule has 0 spiro atoms. The summed E-state index contributed by atoms with van der Waals surface area (Å²) in [4.78, 5) is 0. The predicted octanol–water partition coefficient (Wildman–Crippen LogP) is 4.62. The molecule has 0 bridgehead atoms. The molecular formula is C27H29N3O4. The van der Waals surface area contributed by atoms with Gasteiger partial charge in [-0.2, -0.15) is 5.10 Å². The Bertz CT molecular complexity index is 1240. The second kappa shape index (κ2) is 10.8.